The fraction of sp³-hybridized carbons (Fsp3) is 0.167. The summed E-state index contributed by atoms with van der Waals surface area (Å²) in [6.07, 6.45) is 0. The smallest absolute Gasteiger partial charge is 0.335 e. The second-order valence-corrected chi connectivity index (χ2v) is 3.64. The van der Waals surface area contributed by atoms with Crippen LogP contribution < -0.4 is 11.0 Å². The van der Waals surface area contributed by atoms with Crippen molar-refractivity contribution in [3.63, 3.8) is 0 Å². The van der Waals surface area contributed by atoms with Crippen molar-refractivity contribution >= 4 is 23.8 Å². The maximum atomic E-state index is 11.7. The first-order valence-electron chi connectivity index (χ1n) is 5.46. The van der Waals surface area contributed by atoms with Gasteiger partial charge in [-0.2, -0.15) is 11.0 Å². The van der Waals surface area contributed by atoms with Crippen molar-refractivity contribution in [1.82, 2.24) is 11.0 Å². The summed E-state index contributed by atoms with van der Waals surface area (Å²) in [5.41, 5.74) is 3.47. The average molecular weight is 280 g/mol. The lowest BCUT2D eigenvalue weighted by molar-refractivity contribution is -0.128. The molecule has 0 radical (unpaired) electrons. The number of hydroxylamine groups is 2. The van der Waals surface area contributed by atoms with Gasteiger partial charge in [-0.15, -0.1) is 0 Å². The van der Waals surface area contributed by atoms with E-state index in [2.05, 4.69) is 9.68 Å². The molecule has 0 aliphatic carbocycles. The van der Waals surface area contributed by atoms with Gasteiger partial charge in [0.2, 0.25) is 11.8 Å². The summed E-state index contributed by atoms with van der Waals surface area (Å²) in [7, 11) is 0. The van der Waals surface area contributed by atoms with Crippen molar-refractivity contribution < 1.29 is 28.9 Å². The molecule has 20 heavy (non-hydrogen) atoms. The van der Waals surface area contributed by atoms with E-state index in [9.17, 15) is 19.2 Å². The number of nitrogens with one attached hydrogen (secondary N) is 2. The van der Waals surface area contributed by atoms with Crippen molar-refractivity contribution in [3.05, 3.63) is 35.4 Å². The van der Waals surface area contributed by atoms with Crippen LogP contribution in [0.5, 0.6) is 0 Å². The number of rotatable bonds is 2. The standard InChI is InChI=1S/C12H12N2O6/c1-7(15)13-19-11(17)9-5-3-4-6-10(9)12(18)20-14-8(2)16/h3-6H,1-2H3,(H,13,15)(H,14,16). The highest BCUT2D eigenvalue weighted by molar-refractivity contribution is 6.03. The van der Waals surface area contributed by atoms with Crippen molar-refractivity contribution in [2.45, 2.75) is 13.8 Å². The lowest BCUT2D eigenvalue weighted by Gasteiger charge is -2.08. The Hall–Kier alpha value is -2.90. The van der Waals surface area contributed by atoms with Gasteiger partial charge in [-0.3, -0.25) is 9.59 Å². The minimum atomic E-state index is -0.935. The van der Waals surface area contributed by atoms with Gasteiger partial charge in [0.1, 0.15) is 0 Å². The lowest BCUT2D eigenvalue weighted by atomic mass is 10.1. The Morgan fingerprint density at radius 2 is 1.15 bits per heavy atom. The second-order valence-electron chi connectivity index (χ2n) is 3.64. The minimum Gasteiger partial charge on any atom is -0.335 e. The van der Waals surface area contributed by atoms with Crippen LogP contribution >= 0.6 is 0 Å². The maximum Gasteiger partial charge on any atom is 0.363 e. The number of hydrogen-bond donors (Lipinski definition) is 2. The van der Waals surface area contributed by atoms with E-state index >= 15 is 0 Å². The van der Waals surface area contributed by atoms with Gasteiger partial charge < -0.3 is 9.68 Å². The monoisotopic (exact) mass is 280 g/mol. The fourth-order valence-corrected chi connectivity index (χ4v) is 1.19. The number of amides is 2. The molecule has 0 aliphatic rings. The molecule has 0 bridgehead atoms. The molecule has 1 rings (SSSR count). The van der Waals surface area contributed by atoms with Crippen LogP contribution in [0.3, 0.4) is 0 Å². The molecule has 8 nitrogen and oxygen atoms in total. The topological polar surface area (TPSA) is 111 Å². The highest BCUT2D eigenvalue weighted by Crippen LogP contribution is 2.11. The number of hydrogen-bond acceptors (Lipinski definition) is 6. The third kappa shape index (κ3) is 4.41. The molecular formula is C12H12N2O6. The van der Waals surface area contributed by atoms with Gasteiger partial charge in [0.05, 0.1) is 11.1 Å². The quantitative estimate of drug-likeness (QED) is 0.743. The molecule has 0 saturated heterocycles. The van der Waals surface area contributed by atoms with Crippen LogP contribution in [-0.2, 0) is 19.3 Å². The first kappa shape index (κ1) is 15.2. The summed E-state index contributed by atoms with van der Waals surface area (Å²) in [5.74, 6) is -3.01. The molecule has 1 aromatic rings. The largest absolute Gasteiger partial charge is 0.363 e. The van der Waals surface area contributed by atoms with Gasteiger partial charge in [0, 0.05) is 13.8 Å². The van der Waals surface area contributed by atoms with Crippen molar-refractivity contribution in [3.8, 4) is 0 Å². The minimum absolute atomic E-state index is 0.114. The van der Waals surface area contributed by atoms with E-state index in [4.69, 9.17) is 0 Å². The average Bonchev–Trinajstić information content (AvgIpc) is 2.42. The molecule has 1 aromatic carbocycles. The molecule has 0 heterocycles. The van der Waals surface area contributed by atoms with E-state index in [-0.39, 0.29) is 11.1 Å². The molecule has 2 amide bonds. The van der Waals surface area contributed by atoms with Gasteiger partial charge in [0.15, 0.2) is 0 Å². The van der Waals surface area contributed by atoms with Gasteiger partial charge in [0.25, 0.3) is 0 Å². The van der Waals surface area contributed by atoms with Crippen LogP contribution in [0.4, 0.5) is 0 Å². The van der Waals surface area contributed by atoms with E-state index in [1.54, 1.807) is 0 Å². The molecule has 2 N–H and O–H groups in total. The zero-order valence-electron chi connectivity index (χ0n) is 10.8. The zero-order chi connectivity index (χ0) is 15.1. The van der Waals surface area contributed by atoms with Crippen LogP contribution in [0.15, 0.2) is 24.3 Å². The Morgan fingerprint density at radius 1 is 0.800 bits per heavy atom. The lowest BCUT2D eigenvalue weighted by Crippen LogP contribution is -2.28. The molecule has 0 unspecified atom stereocenters. The van der Waals surface area contributed by atoms with Crippen molar-refractivity contribution in [2.75, 3.05) is 0 Å². The van der Waals surface area contributed by atoms with Crippen LogP contribution in [0.2, 0.25) is 0 Å². The van der Waals surface area contributed by atoms with Crippen LogP contribution in [0.1, 0.15) is 34.6 Å². The summed E-state index contributed by atoms with van der Waals surface area (Å²) in [4.78, 5) is 53.6. The summed E-state index contributed by atoms with van der Waals surface area (Å²) < 4.78 is 0. The van der Waals surface area contributed by atoms with Crippen molar-refractivity contribution in [2.24, 2.45) is 0 Å². The van der Waals surface area contributed by atoms with E-state index in [0.29, 0.717) is 0 Å². The van der Waals surface area contributed by atoms with Gasteiger partial charge >= 0.3 is 11.9 Å². The molecule has 0 atom stereocenters. The van der Waals surface area contributed by atoms with Gasteiger partial charge in [-0.05, 0) is 12.1 Å². The molecule has 0 saturated carbocycles. The van der Waals surface area contributed by atoms with E-state index in [1.165, 1.54) is 24.3 Å². The van der Waals surface area contributed by atoms with Crippen LogP contribution in [0, 0.1) is 0 Å². The zero-order valence-corrected chi connectivity index (χ0v) is 10.8. The van der Waals surface area contributed by atoms with E-state index in [1.807, 2.05) is 11.0 Å². The molecule has 0 fully saturated rings. The number of carbonyl (C=O) groups is 4. The van der Waals surface area contributed by atoms with Gasteiger partial charge in [-0.1, -0.05) is 12.1 Å². The summed E-state index contributed by atoms with van der Waals surface area (Å²) in [6.45, 7) is 2.31. The highest BCUT2D eigenvalue weighted by atomic mass is 16.7. The Morgan fingerprint density at radius 3 is 1.45 bits per heavy atom. The number of benzene rings is 1. The molecule has 0 spiro atoms. The van der Waals surface area contributed by atoms with Gasteiger partial charge in [-0.25, -0.2) is 9.59 Å². The Balaban J connectivity index is 2.87. The summed E-state index contributed by atoms with van der Waals surface area (Å²) in [6, 6.07) is 5.63. The third-order valence-corrected chi connectivity index (χ3v) is 1.94. The fourth-order valence-electron chi connectivity index (χ4n) is 1.19. The first-order chi connectivity index (χ1) is 9.41. The maximum absolute atomic E-state index is 11.7. The molecule has 0 aliphatic heterocycles. The highest BCUT2D eigenvalue weighted by Gasteiger charge is 2.20. The van der Waals surface area contributed by atoms with Crippen LogP contribution in [-0.4, -0.2) is 23.8 Å². The van der Waals surface area contributed by atoms with Crippen molar-refractivity contribution in [1.29, 1.82) is 0 Å². The first-order valence-corrected chi connectivity index (χ1v) is 5.46. The SMILES string of the molecule is CC(=O)NOC(=O)c1ccccc1C(=O)ONC(C)=O. The Bertz CT molecular complexity index is 506. The molecule has 8 heteroatoms. The normalized spacial score (nSPS) is 9.30. The van der Waals surface area contributed by atoms with E-state index in [0.717, 1.165) is 13.8 Å². The number of carbonyl (C=O) groups excluding carboxylic acids is 4. The van der Waals surface area contributed by atoms with E-state index < -0.39 is 23.8 Å². The second kappa shape index (κ2) is 6.88. The molecular weight excluding hydrogens is 268 g/mol. The Labute approximate surface area is 114 Å². The summed E-state index contributed by atoms with van der Waals surface area (Å²) in [5, 5.41) is 0. The molecule has 0 aromatic heterocycles. The third-order valence-electron chi connectivity index (χ3n) is 1.94. The Kier molecular flexibility index (Phi) is 5.21. The molecule has 106 valence electrons. The predicted octanol–water partition coefficient (Wildman–Crippen LogP) is 0.102. The summed E-state index contributed by atoms with van der Waals surface area (Å²) >= 11 is 0. The predicted molar refractivity (Wildman–Crippen MR) is 64.9 cm³/mol. The van der Waals surface area contributed by atoms with Crippen LogP contribution in [0.25, 0.3) is 0 Å².